The fraction of sp³-hybridized carbons (Fsp3) is 0.167. The first-order valence-corrected chi connectivity index (χ1v) is 5.76. The molecule has 1 aromatic heterocycles. The largest absolute Gasteiger partial charge is 0.330 e. The third-order valence-electron chi connectivity index (χ3n) is 2.26. The zero-order valence-electron chi connectivity index (χ0n) is 8.54. The molecule has 2 N–H and O–H groups in total. The van der Waals surface area contributed by atoms with Gasteiger partial charge in [-0.2, -0.15) is 0 Å². The van der Waals surface area contributed by atoms with Crippen LogP contribution in [0.1, 0.15) is 4.88 Å². The van der Waals surface area contributed by atoms with E-state index in [2.05, 4.69) is 0 Å². The smallest absolute Gasteiger partial charge is 0.159 e. The molecule has 0 saturated carbocycles. The van der Waals surface area contributed by atoms with Gasteiger partial charge in [0.15, 0.2) is 11.6 Å². The Hall–Kier alpha value is -1.26. The Labute approximate surface area is 96.5 Å². The quantitative estimate of drug-likeness (QED) is 0.874. The Bertz CT molecular complexity index is 494. The van der Waals surface area contributed by atoms with Crippen LogP contribution < -0.4 is 5.73 Å². The second-order valence-corrected chi connectivity index (χ2v) is 4.60. The summed E-state index contributed by atoms with van der Waals surface area (Å²) < 4.78 is 25.8. The number of benzene rings is 1. The zero-order chi connectivity index (χ0) is 11.5. The van der Waals surface area contributed by atoms with Crippen LogP contribution >= 0.6 is 11.3 Å². The summed E-state index contributed by atoms with van der Waals surface area (Å²) in [5.41, 5.74) is 6.15. The summed E-state index contributed by atoms with van der Waals surface area (Å²) in [5, 5.41) is 0. The minimum absolute atomic E-state index is 0.595. The van der Waals surface area contributed by atoms with Gasteiger partial charge in [-0.05, 0) is 42.8 Å². The number of nitrogens with two attached hydrogens (primary N) is 1. The average molecular weight is 239 g/mol. The van der Waals surface area contributed by atoms with Gasteiger partial charge >= 0.3 is 0 Å². The van der Waals surface area contributed by atoms with Gasteiger partial charge in [0.2, 0.25) is 0 Å². The van der Waals surface area contributed by atoms with Crippen LogP contribution in [0.5, 0.6) is 0 Å². The molecule has 0 atom stereocenters. The first-order chi connectivity index (χ1) is 7.70. The third-order valence-corrected chi connectivity index (χ3v) is 3.45. The van der Waals surface area contributed by atoms with Gasteiger partial charge in [0.1, 0.15) is 0 Å². The van der Waals surface area contributed by atoms with Crippen LogP contribution in [0.2, 0.25) is 0 Å². The summed E-state index contributed by atoms with van der Waals surface area (Å²) in [6, 6.07) is 7.81. The molecule has 0 bridgehead atoms. The van der Waals surface area contributed by atoms with Crippen molar-refractivity contribution in [2.24, 2.45) is 5.73 Å². The minimum Gasteiger partial charge on any atom is -0.330 e. The molecule has 2 rings (SSSR count). The first kappa shape index (κ1) is 11.2. The molecule has 84 valence electrons. The molecular formula is C12H11F2NS. The van der Waals surface area contributed by atoms with E-state index in [1.165, 1.54) is 6.07 Å². The van der Waals surface area contributed by atoms with Gasteiger partial charge in [-0.15, -0.1) is 11.3 Å². The lowest BCUT2D eigenvalue weighted by molar-refractivity contribution is 0.509. The Kier molecular flexibility index (Phi) is 3.31. The van der Waals surface area contributed by atoms with E-state index in [9.17, 15) is 8.78 Å². The van der Waals surface area contributed by atoms with Gasteiger partial charge in [-0.1, -0.05) is 6.07 Å². The molecule has 0 saturated heterocycles. The van der Waals surface area contributed by atoms with Crippen molar-refractivity contribution in [1.29, 1.82) is 0 Å². The van der Waals surface area contributed by atoms with Crippen LogP contribution in [0, 0.1) is 11.6 Å². The first-order valence-electron chi connectivity index (χ1n) is 4.95. The normalized spacial score (nSPS) is 10.7. The van der Waals surface area contributed by atoms with Crippen molar-refractivity contribution in [1.82, 2.24) is 0 Å². The summed E-state index contributed by atoms with van der Waals surface area (Å²) in [5.74, 6) is -1.63. The van der Waals surface area contributed by atoms with Gasteiger partial charge in [-0.3, -0.25) is 0 Å². The summed E-state index contributed by atoms with van der Waals surface area (Å²) in [6.07, 6.45) is 0.814. The molecule has 0 aliphatic carbocycles. The highest BCUT2D eigenvalue weighted by molar-refractivity contribution is 7.15. The van der Waals surface area contributed by atoms with E-state index in [0.29, 0.717) is 12.1 Å². The Morgan fingerprint density at radius 3 is 2.56 bits per heavy atom. The van der Waals surface area contributed by atoms with Crippen molar-refractivity contribution in [3.05, 3.63) is 46.8 Å². The fourth-order valence-corrected chi connectivity index (χ4v) is 2.48. The number of hydrogen-bond donors (Lipinski definition) is 1. The maximum atomic E-state index is 13.0. The maximum absolute atomic E-state index is 13.0. The predicted molar refractivity (Wildman–Crippen MR) is 62.4 cm³/mol. The summed E-state index contributed by atoms with van der Waals surface area (Å²) in [4.78, 5) is 2.09. The van der Waals surface area contributed by atoms with Crippen LogP contribution in [-0.4, -0.2) is 6.54 Å². The molecule has 2 aromatic rings. The van der Waals surface area contributed by atoms with Gasteiger partial charge in [0.05, 0.1) is 0 Å². The number of hydrogen-bond acceptors (Lipinski definition) is 2. The van der Waals surface area contributed by atoms with E-state index in [0.717, 1.165) is 22.2 Å². The Balaban J connectivity index is 2.31. The van der Waals surface area contributed by atoms with Gasteiger partial charge in [0.25, 0.3) is 0 Å². The molecule has 0 fully saturated rings. The third kappa shape index (κ3) is 2.28. The number of rotatable bonds is 3. The molecule has 4 heteroatoms. The number of halogens is 2. The lowest BCUT2D eigenvalue weighted by atomic mass is 10.2. The molecule has 0 amide bonds. The zero-order valence-corrected chi connectivity index (χ0v) is 9.36. The van der Waals surface area contributed by atoms with Gasteiger partial charge in [0, 0.05) is 9.75 Å². The minimum atomic E-state index is -0.817. The second kappa shape index (κ2) is 4.72. The van der Waals surface area contributed by atoms with Crippen molar-refractivity contribution >= 4 is 11.3 Å². The van der Waals surface area contributed by atoms with Crippen LogP contribution in [0.3, 0.4) is 0 Å². The molecular weight excluding hydrogens is 228 g/mol. The fourth-order valence-electron chi connectivity index (χ4n) is 1.46. The van der Waals surface area contributed by atoms with Gasteiger partial charge in [-0.25, -0.2) is 8.78 Å². The SMILES string of the molecule is NCCc1ccc(-c2ccc(F)c(F)c2)s1. The lowest BCUT2D eigenvalue weighted by Gasteiger charge is -1.98. The van der Waals surface area contributed by atoms with E-state index >= 15 is 0 Å². The monoisotopic (exact) mass is 239 g/mol. The van der Waals surface area contributed by atoms with Crippen LogP contribution in [0.15, 0.2) is 30.3 Å². The van der Waals surface area contributed by atoms with Crippen molar-refractivity contribution in [2.45, 2.75) is 6.42 Å². The topological polar surface area (TPSA) is 26.0 Å². The highest BCUT2D eigenvalue weighted by atomic mass is 32.1. The van der Waals surface area contributed by atoms with Crippen molar-refractivity contribution in [2.75, 3.05) is 6.54 Å². The summed E-state index contributed by atoms with van der Waals surface area (Å²) in [7, 11) is 0. The highest BCUT2D eigenvalue weighted by Crippen LogP contribution is 2.29. The van der Waals surface area contributed by atoms with Crippen molar-refractivity contribution in [3.63, 3.8) is 0 Å². The number of thiophene rings is 1. The molecule has 0 aliphatic rings. The Morgan fingerprint density at radius 1 is 1.06 bits per heavy atom. The summed E-state index contributed by atoms with van der Waals surface area (Å²) >= 11 is 1.56. The maximum Gasteiger partial charge on any atom is 0.159 e. The van der Waals surface area contributed by atoms with Crippen molar-refractivity contribution < 1.29 is 8.78 Å². The molecule has 0 spiro atoms. The van der Waals surface area contributed by atoms with Crippen LogP contribution in [-0.2, 0) is 6.42 Å². The molecule has 0 radical (unpaired) electrons. The van der Waals surface area contributed by atoms with Gasteiger partial charge < -0.3 is 5.73 Å². The molecule has 0 unspecified atom stereocenters. The van der Waals surface area contributed by atoms with E-state index in [-0.39, 0.29) is 0 Å². The molecule has 16 heavy (non-hydrogen) atoms. The van der Waals surface area contributed by atoms with Crippen molar-refractivity contribution in [3.8, 4) is 10.4 Å². The van der Waals surface area contributed by atoms with E-state index < -0.39 is 11.6 Å². The van der Waals surface area contributed by atoms with E-state index in [4.69, 9.17) is 5.73 Å². The summed E-state index contributed by atoms with van der Waals surface area (Å²) in [6.45, 7) is 0.595. The molecule has 1 heterocycles. The molecule has 1 nitrogen and oxygen atoms in total. The van der Waals surface area contributed by atoms with Crippen LogP contribution in [0.4, 0.5) is 8.78 Å². The average Bonchev–Trinajstić information content (AvgIpc) is 2.71. The molecule has 0 aliphatic heterocycles. The lowest BCUT2D eigenvalue weighted by Crippen LogP contribution is -2.00. The highest BCUT2D eigenvalue weighted by Gasteiger charge is 2.06. The van der Waals surface area contributed by atoms with Crippen LogP contribution in [0.25, 0.3) is 10.4 Å². The second-order valence-electron chi connectivity index (χ2n) is 3.43. The van der Waals surface area contributed by atoms with E-state index in [1.807, 2.05) is 12.1 Å². The standard InChI is InChI=1S/C12H11F2NS/c13-10-3-1-8(7-11(10)14)12-4-2-9(16-12)5-6-15/h1-4,7H,5-6,15H2. The molecule has 1 aromatic carbocycles. The Morgan fingerprint density at radius 2 is 1.88 bits per heavy atom. The van der Waals surface area contributed by atoms with E-state index in [1.54, 1.807) is 17.4 Å². The predicted octanol–water partition coefficient (Wildman–Crippen LogP) is 3.19.